The van der Waals surface area contributed by atoms with E-state index >= 15 is 0 Å². The Morgan fingerprint density at radius 2 is 1.90 bits per heavy atom. The molecule has 0 spiro atoms. The number of ether oxygens (including phenoxy) is 3. The molecular formula is C20H19BrClN3O6. The highest BCUT2D eigenvalue weighted by atomic mass is 79.9. The van der Waals surface area contributed by atoms with Gasteiger partial charge in [0.05, 0.1) is 35.6 Å². The Morgan fingerprint density at radius 3 is 2.58 bits per heavy atom. The van der Waals surface area contributed by atoms with Crippen LogP contribution in [0.15, 0.2) is 46.0 Å². The molecule has 2 rings (SSSR count). The van der Waals surface area contributed by atoms with Crippen molar-refractivity contribution in [1.82, 2.24) is 5.43 Å². The molecule has 0 heterocycles. The molecule has 0 saturated carbocycles. The largest absolute Gasteiger partial charge is 0.493 e. The van der Waals surface area contributed by atoms with E-state index in [0.717, 1.165) is 0 Å². The summed E-state index contributed by atoms with van der Waals surface area (Å²) in [6.45, 7) is -0.286. The van der Waals surface area contributed by atoms with Crippen LogP contribution in [0.3, 0.4) is 0 Å². The molecule has 2 aromatic carbocycles. The number of halogens is 2. The summed E-state index contributed by atoms with van der Waals surface area (Å²) in [6, 6.07) is 9.93. The lowest BCUT2D eigenvalue weighted by molar-refractivity contribution is -0.143. The van der Waals surface area contributed by atoms with Crippen LogP contribution >= 0.6 is 27.5 Å². The molecule has 0 unspecified atom stereocenters. The van der Waals surface area contributed by atoms with E-state index in [1.165, 1.54) is 20.4 Å². The zero-order chi connectivity index (χ0) is 22.8. The van der Waals surface area contributed by atoms with Crippen molar-refractivity contribution in [2.75, 3.05) is 26.1 Å². The Bertz CT molecular complexity index is 999. The van der Waals surface area contributed by atoms with Crippen LogP contribution < -0.4 is 20.2 Å². The first-order chi connectivity index (χ1) is 14.8. The monoisotopic (exact) mass is 511 g/mol. The quantitative estimate of drug-likeness (QED) is 0.231. The van der Waals surface area contributed by atoms with Crippen LogP contribution in [0.25, 0.3) is 0 Å². The number of carbonyl (C=O) groups is 3. The van der Waals surface area contributed by atoms with Gasteiger partial charge in [0.25, 0.3) is 0 Å². The Morgan fingerprint density at radius 1 is 1.16 bits per heavy atom. The molecule has 0 radical (unpaired) electrons. The van der Waals surface area contributed by atoms with E-state index in [0.29, 0.717) is 32.2 Å². The van der Waals surface area contributed by atoms with Crippen LogP contribution in [-0.4, -0.2) is 44.8 Å². The number of rotatable bonds is 9. The van der Waals surface area contributed by atoms with Gasteiger partial charge >= 0.3 is 5.97 Å². The molecule has 2 amide bonds. The van der Waals surface area contributed by atoms with Gasteiger partial charge in [0.1, 0.15) is 6.42 Å². The van der Waals surface area contributed by atoms with E-state index in [2.05, 4.69) is 36.5 Å². The van der Waals surface area contributed by atoms with Crippen LogP contribution in [0.1, 0.15) is 12.0 Å². The second-order valence-electron chi connectivity index (χ2n) is 5.90. The minimum Gasteiger partial charge on any atom is -0.493 e. The SMILES string of the molecule is COC(=O)COc1c(Br)cc(C=NNC(=O)CC(=O)Nc2ccccc2Cl)cc1OC. The number of esters is 1. The Balaban J connectivity index is 1.94. The van der Waals surface area contributed by atoms with Crippen molar-refractivity contribution in [3.63, 3.8) is 0 Å². The standard InChI is InChI=1S/C20H19BrClN3O6/c1-29-16-8-12(7-13(21)20(16)31-11-19(28)30-2)10-23-25-18(27)9-17(26)24-15-6-4-3-5-14(15)22/h3-8,10H,9,11H2,1-2H3,(H,24,26)(H,25,27). The lowest BCUT2D eigenvalue weighted by Crippen LogP contribution is -2.24. The van der Waals surface area contributed by atoms with Crippen molar-refractivity contribution >= 4 is 57.2 Å². The summed E-state index contributed by atoms with van der Waals surface area (Å²) in [4.78, 5) is 35.1. The minimum absolute atomic E-state index is 0.286. The molecule has 9 nitrogen and oxygen atoms in total. The highest BCUT2D eigenvalue weighted by Gasteiger charge is 2.14. The van der Waals surface area contributed by atoms with Crippen LogP contribution in [0, 0.1) is 0 Å². The average Bonchev–Trinajstić information content (AvgIpc) is 2.73. The first-order valence-electron chi connectivity index (χ1n) is 8.77. The molecule has 0 aliphatic carbocycles. The zero-order valence-corrected chi connectivity index (χ0v) is 19.0. The van der Waals surface area contributed by atoms with Crippen molar-refractivity contribution in [1.29, 1.82) is 0 Å². The molecule has 0 aromatic heterocycles. The van der Waals surface area contributed by atoms with Gasteiger partial charge in [0.15, 0.2) is 18.1 Å². The molecule has 11 heteroatoms. The molecule has 0 atom stereocenters. The number of hydrogen-bond acceptors (Lipinski definition) is 7. The van der Waals surface area contributed by atoms with Crippen molar-refractivity contribution < 1.29 is 28.6 Å². The molecule has 2 N–H and O–H groups in total. The summed E-state index contributed by atoms with van der Waals surface area (Å²) < 4.78 is 15.7. The lowest BCUT2D eigenvalue weighted by Gasteiger charge is -2.12. The number of nitrogens with one attached hydrogen (secondary N) is 2. The fourth-order valence-corrected chi connectivity index (χ4v) is 3.02. The summed E-state index contributed by atoms with van der Waals surface area (Å²) in [6.07, 6.45) is 0.928. The summed E-state index contributed by atoms with van der Waals surface area (Å²) in [7, 11) is 2.69. The molecular weight excluding hydrogens is 494 g/mol. The number of para-hydroxylation sites is 1. The van der Waals surface area contributed by atoms with Crippen LogP contribution in [0.4, 0.5) is 5.69 Å². The van der Waals surface area contributed by atoms with Gasteiger partial charge in [-0.05, 0) is 45.8 Å². The van der Waals surface area contributed by atoms with Crippen LogP contribution in [-0.2, 0) is 19.1 Å². The average molecular weight is 513 g/mol. The molecule has 31 heavy (non-hydrogen) atoms. The first-order valence-corrected chi connectivity index (χ1v) is 9.94. The van der Waals surface area contributed by atoms with Gasteiger partial charge in [-0.1, -0.05) is 23.7 Å². The van der Waals surface area contributed by atoms with Gasteiger partial charge < -0.3 is 19.5 Å². The number of benzene rings is 2. The van der Waals surface area contributed by atoms with Crippen molar-refractivity contribution in [3.8, 4) is 11.5 Å². The smallest absolute Gasteiger partial charge is 0.343 e. The molecule has 164 valence electrons. The highest BCUT2D eigenvalue weighted by Crippen LogP contribution is 2.36. The second kappa shape index (κ2) is 11.9. The highest BCUT2D eigenvalue weighted by molar-refractivity contribution is 9.10. The summed E-state index contributed by atoms with van der Waals surface area (Å²) in [5.74, 6) is -1.03. The van der Waals surface area contributed by atoms with Gasteiger partial charge in [0, 0.05) is 0 Å². The summed E-state index contributed by atoms with van der Waals surface area (Å²) >= 11 is 9.29. The summed E-state index contributed by atoms with van der Waals surface area (Å²) in [5, 5.41) is 6.75. The molecule has 0 saturated heterocycles. The van der Waals surface area contributed by atoms with Crippen molar-refractivity contribution in [2.24, 2.45) is 5.10 Å². The molecule has 0 bridgehead atoms. The van der Waals surface area contributed by atoms with E-state index in [1.807, 2.05) is 0 Å². The number of carbonyl (C=O) groups excluding carboxylic acids is 3. The van der Waals surface area contributed by atoms with Gasteiger partial charge in [-0.15, -0.1) is 0 Å². The van der Waals surface area contributed by atoms with E-state index in [1.54, 1.807) is 36.4 Å². The number of nitrogens with zero attached hydrogens (tertiary/aromatic N) is 1. The second-order valence-corrected chi connectivity index (χ2v) is 7.16. The number of hydrogen-bond donors (Lipinski definition) is 2. The van der Waals surface area contributed by atoms with E-state index in [9.17, 15) is 14.4 Å². The van der Waals surface area contributed by atoms with E-state index in [-0.39, 0.29) is 6.61 Å². The first kappa shape index (κ1) is 24.2. The Hall–Kier alpha value is -3.11. The predicted molar refractivity (Wildman–Crippen MR) is 119 cm³/mol. The maximum Gasteiger partial charge on any atom is 0.343 e. The molecule has 2 aromatic rings. The topological polar surface area (TPSA) is 115 Å². The summed E-state index contributed by atoms with van der Waals surface area (Å²) in [5.41, 5.74) is 3.25. The number of hydrazone groups is 1. The predicted octanol–water partition coefficient (Wildman–Crippen LogP) is 3.14. The number of anilines is 1. The van der Waals surface area contributed by atoms with Gasteiger partial charge in [-0.25, -0.2) is 10.2 Å². The van der Waals surface area contributed by atoms with E-state index < -0.39 is 24.2 Å². The fourth-order valence-electron chi connectivity index (χ4n) is 2.27. The van der Waals surface area contributed by atoms with Crippen molar-refractivity contribution in [3.05, 3.63) is 51.5 Å². The van der Waals surface area contributed by atoms with Gasteiger partial charge in [-0.2, -0.15) is 5.10 Å². The fraction of sp³-hybridized carbons (Fsp3) is 0.200. The lowest BCUT2D eigenvalue weighted by atomic mass is 10.2. The van der Waals surface area contributed by atoms with Gasteiger partial charge in [-0.3, -0.25) is 9.59 Å². The normalized spacial score (nSPS) is 10.5. The number of amides is 2. The van der Waals surface area contributed by atoms with Crippen LogP contribution in [0.5, 0.6) is 11.5 Å². The maximum absolute atomic E-state index is 12.0. The van der Waals surface area contributed by atoms with Gasteiger partial charge in [0.2, 0.25) is 11.8 Å². The Labute approximate surface area is 191 Å². The van der Waals surface area contributed by atoms with Crippen LogP contribution in [0.2, 0.25) is 5.02 Å². The Kier molecular flexibility index (Phi) is 9.29. The zero-order valence-electron chi connectivity index (χ0n) is 16.6. The molecule has 0 fully saturated rings. The van der Waals surface area contributed by atoms with Crippen molar-refractivity contribution in [2.45, 2.75) is 6.42 Å². The molecule has 0 aliphatic rings. The third-order valence-corrected chi connectivity index (χ3v) is 4.60. The van der Waals surface area contributed by atoms with E-state index in [4.69, 9.17) is 21.1 Å². The molecule has 0 aliphatic heterocycles. The third-order valence-electron chi connectivity index (χ3n) is 3.69. The maximum atomic E-state index is 12.0. The minimum atomic E-state index is -0.607. The third kappa shape index (κ3) is 7.58. The number of methoxy groups -OCH3 is 2.